The van der Waals surface area contributed by atoms with Crippen LogP contribution in [0.1, 0.15) is 12.5 Å². The van der Waals surface area contributed by atoms with Crippen molar-refractivity contribution in [3.8, 4) is 22.3 Å². The SMILES string of the molecule is C/C=C\C=C/c1cc(-c2ccc3c(c2)c2ncccc2n2c4ccccc4nc32)c2ccccc2c1-c1ccc2ccccc2c1. The lowest BCUT2D eigenvalue weighted by molar-refractivity contribution is 1.29. The summed E-state index contributed by atoms with van der Waals surface area (Å²) in [5, 5.41) is 7.13. The molecule has 0 bridgehead atoms. The first-order chi connectivity index (χ1) is 22.8. The van der Waals surface area contributed by atoms with Gasteiger partial charge in [-0.1, -0.05) is 103 Å². The van der Waals surface area contributed by atoms with Gasteiger partial charge in [0.25, 0.3) is 0 Å². The number of allylic oxidation sites excluding steroid dienone is 3. The zero-order chi connectivity index (χ0) is 30.6. The Morgan fingerprint density at radius 3 is 2.28 bits per heavy atom. The van der Waals surface area contributed by atoms with Crippen LogP contribution in [-0.4, -0.2) is 14.4 Å². The van der Waals surface area contributed by atoms with E-state index in [0.29, 0.717) is 0 Å². The molecule has 3 aromatic heterocycles. The molecular weight excluding hydrogens is 558 g/mol. The van der Waals surface area contributed by atoms with Crippen LogP contribution in [0.3, 0.4) is 0 Å². The first-order valence-corrected chi connectivity index (χ1v) is 15.7. The second-order valence-corrected chi connectivity index (χ2v) is 11.8. The van der Waals surface area contributed by atoms with Crippen LogP contribution in [-0.2, 0) is 0 Å². The minimum atomic E-state index is 0.953. The number of para-hydroxylation sites is 2. The van der Waals surface area contributed by atoms with Crippen molar-refractivity contribution in [3.63, 3.8) is 0 Å². The summed E-state index contributed by atoms with van der Waals surface area (Å²) < 4.78 is 2.25. The Kier molecular flexibility index (Phi) is 6.04. The van der Waals surface area contributed by atoms with Crippen molar-refractivity contribution in [1.82, 2.24) is 14.4 Å². The highest BCUT2D eigenvalue weighted by molar-refractivity contribution is 6.15. The second-order valence-electron chi connectivity index (χ2n) is 11.8. The number of benzene rings is 6. The molecular formula is C43H29N3. The molecule has 9 aromatic rings. The standard InChI is InChI=1S/C43H29N3/c1-2-3-4-14-31-27-36(33-15-7-8-16-34(33)41(31)32-21-20-28-12-5-6-13-29(28)25-32)30-22-23-35-37(26-30)42-40(19-11-24-44-42)46-39-18-10-9-17-38(39)45-43(35)46/h2-27H,1H3/b3-2-,14-4-. The summed E-state index contributed by atoms with van der Waals surface area (Å²) in [7, 11) is 0. The number of hydrogen-bond donors (Lipinski definition) is 0. The van der Waals surface area contributed by atoms with Gasteiger partial charge in [0.2, 0.25) is 0 Å². The maximum absolute atomic E-state index is 5.09. The smallest absolute Gasteiger partial charge is 0.146 e. The van der Waals surface area contributed by atoms with E-state index >= 15 is 0 Å². The van der Waals surface area contributed by atoms with Gasteiger partial charge in [-0.25, -0.2) is 4.98 Å². The molecule has 0 aliphatic heterocycles. The van der Waals surface area contributed by atoms with E-state index in [2.05, 4.69) is 144 Å². The van der Waals surface area contributed by atoms with E-state index in [1.807, 2.05) is 25.3 Å². The normalized spacial score (nSPS) is 12.3. The molecule has 46 heavy (non-hydrogen) atoms. The summed E-state index contributed by atoms with van der Waals surface area (Å²) in [5.41, 5.74) is 11.0. The summed E-state index contributed by atoms with van der Waals surface area (Å²) in [6.07, 6.45) is 10.4. The number of hydrogen-bond acceptors (Lipinski definition) is 2. The molecule has 0 fully saturated rings. The number of pyridine rings is 2. The van der Waals surface area contributed by atoms with E-state index in [0.717, 1.165) is 44.0 Å². The predicted molar refractivity (Wildman–Crippen MR) is 195 cm³/mol. The minimum Gasteiger partial charge on any atom is -0.290 e. The molecule has 0 unspecified atom stereocenters. The molecule has 0 aliphatic rings. The van der Waals surface area contributed by atoms with Crippen LogP contribution < -0.4 is 0 Å². The van der Waals surface area contributed by atoms with Crippen molar-refractivity contribution in [1.29, 1.82) is 0 Å². The average molecular weight is 588 g/mol. The maximum Gasteiger partial charge on any atom is 0.146 e. The lowest BCUT2D eigenvalue weighted by Gasteiger charge is -2.17. The van der Waals surface area contributed by atoms with E-state index in [1.54, 1.807) is 0 Å². The highest BCUT2D eigenvalue weighted by Gasteiger charge is 2.18. The van der Waals surface area contributed by atoms with Gasteiger partial charge < -0.3 is 0 Å². The second kappa shape index (κ2) is 10.5. The Labute approximate surface area is 266 Å². The van der Waals surface area contributed by atoms with Crippen molar-refractivity contribution in [2.24, 2.45) is 0 Å². The fourth-order valence-corrected chi connectivity index (χ4v) is 7.04. The minimum absolute atomic E-state index is 0.953. The third-order valence-electron chi connectivity index (χ3n) is 9.11. The molecule has 0 radical (unpaired) electrons. The van der Waals surface area contributed by atoms with E-state index < -0.39 is 0 Å². The van der Waals surface area contributed by atoms with E-state index in [4.69, 9.17) is 9.97 Å². The van der Waals surface area contributed by atoms with Crippen molar-refractivity contribution in [2.75, 3.05) is 0 Å². The number of fused-ring (bicyclic) bond motifs is 10. The highest BCUT2D eigenvalue weighted by Crippen LogP contribution is 2.42. The van der Waals surface area contributed by atoms with Crippen LogP contribution in [0.25, 0.3) is 88.4 Å². The van der Waals surface area contributed by atoms with Crippen LogP contribution in [0.15, 0.2) is 152 Å². The van der Waals surface area contributed by atoms with Crippen LogP contribution in [0.2, 0.25) is 0 Å². The fraction of sp³-hybridized carbons (Fsp3) is 0.0233. The van der Waals surface area contributed by atoms with E-state index in [-0.39, 0.29) is 0 Å². The monoisotopic (exact) mass is 587 g/mol. The summed E-state index contributed by atoms with van der Waals surface area (Å²) in [6, 6.07) is 45.8. The van der Waals surface area contributed by atoms with Crippen molar-refractivity contribution in [2.45, 2.75) is 6.92 Å². The van der Waals surface area contributed by atoms with Gasteiger partial charge in [-0.15, -0.1) is 0 Å². The van der Waals surface area contributed by atoms with E-state index in [9.17, 15) is 0 Å². The summed E-state index contributed by atoms with van der Waals surface area (Å²) in [4.78, 5) is 10.0. The van der Waals surface area contributed by atoms with Gasteiger partial charge in [-0.2, -0.15) is 0 Å². The fourth-order valence-electron chi connectivity index (χ4n) is 7.04. The van der Waals surface area contributed by atoms with Gasteiger partial charge in [-0.3, -0.25) is 9.38 Å². The van der Waals surface area contributed by atoms with Gasteiger partial charge in [0, 0.05) is 17.0 Å². The van der Waals surface area contributed by atoms with Crippen LogP contribution in [0.4, 0.5) is 0 Å². The summed E-state index contributed by atoms with van der Waals surface area (Å²) in [5.74, 6) is 0. The lowest BCUT2D eigenvalue weighted by atomic mass is 9.87. The van der Waals surface area contributed by atoms with Crippen molar-refractivity contribution in [3.05, 3.63) is 157 Å². The Hall–Kier alpha value is -6.06. The zero-order valence-corrected chi connectivity index (χ0v) is 25.4. The largest absolute Gasteiger partial charge is 0.290 e. The quantitative estimate of drug-likeness (QED) is 0.151. The molecule has 0 saturated carbocycles. The van der Waals surface area contributed by atoms with Gasteiger partial charge in [0.1, 0.15) is 5.65 Å². The van der Waals surface area contributed by atoms with Gasteiger partial charge in [-0.05, 0) is 105 Å². The molecule has 0 atom stereocenters. The van der Waals surface area contributed by atoms with Gasteiger partial charge in [0.05, 0.1) is 22.1 Å². The van der Waals surface area contributed by atoms with Crippen molar-refractivity contribution < 1.29 is 0 Å². The molecule has 6 aromatic carbocycles. The summed E-state index contributed by atoms with van der Waals surface area (Å²) >= 11 is 0. The molecule has 9 rings (SSSR count). The summed E-state index contributed by atoms with van der Waals surface area (Å²) in [6.45, 7) is 2.05. The lowest BCUT2D eigenvalue weighted by Crippen LogP contribution is -1.94. The van der Waals surface area contributed by atoms with Crippen molar-refractivity contribution >= 4 is 66.1 Å². The molecule has 3 heterocycles. The number of imidazole rings is 1. The Balaban J connectivity index is 1.34. The maximum atomic E-state index is 5.09. The zero-order valence-electron chi connectivity index (χ0n) is 25.4. The topological polar surface area (TPSA) is 30.2 Å². The molecule has 3 nitrogen and oxygen atoms in total. The molecule has 0 saturated heterocycles. The van der Waals surface area contributed by atoms with Crippen LogP contribution >= 0.6 is 0 Å². The Morgan fingerprint density at radius 2 is 1.37 bits per heavy atom. The number of nitrogens with zero attached hydrogens (tertiary/aromatic N) is 3. The Bertz CT molecular complexity index is 2710. The number of aromatic nitrogens is 3. The number of rotatable bonds is 4. The third-order valence-corrected chi connectivity index (χ3v) is 9.11. The molecule has 0 amide bonds. The van der Waals surface area contributed by atoms with Gasteiger partial charge >= 0.3 is 0 Å². The third kappa shape index (κ3) is 4.06. The first kappa shape index (κ1) is 26.4. The molecule has 0 aliphatic carbocycles. The molecule has 0 spiro atoms. The van der Waals surface area contributed by atoms with Crippen LogP contribution in [0, 0.1) is 0 Å². The Morgan fingerprint density at radius 1 is 0.587 bits per heavy atom. The van der Waals surface area contributed by atoms with Crippen LogP contribution in [0.5, 0.6) is 0 Å². The molecule has 216 valence electrons. The first-order valence-electron chi connectivity index (χ1n) is 15.7. The molecule has 0 N–H and O–H groups in total. The highest BCUT2D eigenvalue weighted by atomic mass is 15.0. The van der Waals surface area contributed by atoms with Gasteiger partial charge in [0.15, 0.2) is 0 Å². The predicted octanol–water partition coefficient (Wildman–Crippen LogP) is 11.4. The molecule has 3 heteroatoms. The average Bonchev–Trinajstić information content (AvgIpc) is 3.51. The van der Waals surface area contributed by atoms with E-state index in [1.165, 1.54) is 43.8 Å².